The first-order chi connectivity index (χ1) is 10.4. The molecule has 3 amide bonds. The Morgan fingerprint density at radius 3 is 2.68 bits per heavy atom. The summed E-state index contributed by atoms with van der Waals surface area (Å²) in [6.07, 6.45) is -3.79. The van der Waals surface area contributed by atoms with Crippen molar-refractivity contribution in [2.45, 2.75) is 30.7 Å². The molecule has 3 heterocycles. The molecule has 3 atom stereocenters. The molecule has 0 aromatic heterocycles. The van der Waals surface area contributed by atoms with E-state index in [1.807, 2.05) is 0 Å². The molecule has 1 aromatic rings. The fourth-order valence-electron chi connectivity index (χ4n) is 3.59. The number of piperazine rings is 1. The number of nitrogens with one attached hydrogen (secondary N) is 1. The number of benzene rings is 1. The summed E-state index contributed by atoms with van der Waals surface area (Å²) in [5.41, 5.74) is -0.905. The molecule has 1 N–H and O–H groups in total. The van der Waals surface area contributed by atoms with Gasteiger partial charge >= 0.3 is 12.2 Å². The van der Waals surface area contributed by atoms with E-state index in [9.17, 15) is 22.8 Å². The van der Waals surface area contributed by atoms with Gasteiger partial charge in [-0.1, -0.05) is 6.07 Å². The molecule has 3 fully saturated rings. The quantitative estimate of drug-likeness (QED) is 0.801. The lowest BCUT2D eigenvalue weighted by molar-refractivity contribution is -0.137. The van der Waals surface area contributed by atoms with E-state index in [1.165, 1.54) is 17.0 Å². The lowest BCUT2D eigenvalue weighted by atomic mass is 10.1. The van der Waals surface area contributed by atoms with Gasteiger partial charge in [-0.25, -0.2) is 9.69 Å². The summed E-state index contributed by atoms with van der Waals surface area (Å²) in [7, 11) is 0. The van der Waals surface area contributed by atoms with Crippen molar-refractivity contribution >= 4 is 17.6 Å². The highest BCUT2D eigenvalue weighted by atomic mass is 19.4. The third-order valence-corrected chi connectivity index (χ3v) is 4.53. The molecule has 22 heavy (non-hydrogen) atoms. The standard InChI is InChI=1S/C14H12F3N3O2/c15-14(16,17)7-2-1-3-8(4-7)20-12(21)11-10-5-9(6-18-10)19(11)13(20)22/h1-4,9-11,18H,5-6H2/t9?,10?,11-/m1/s1. The van der Waals surface area contributed by atoms with E-state index >= 15 is 0 Å². The molecule has 2 unspecified atom stereocenters. The lowest BCUT2D eigenvalue weighted by Gasteiger charge is -2.26. The Balaban J connectivity index is 1.72. The van der Waals surface area contributed by atoms with Gasteiger partial charge in [-0.2, -0.15) is 13.2 Å². The number of anilines is 1. The van der Waals surface area contributed by atoms with E-state index in [4.69, 9.17) is 0 Å². The van der Waals surface area contributed by atoms with Crippen molar-refractivity contribution < 1.29 is 22.8 Å². The highest BCUT2D eigenvalue weighted by molar-refractivity contribution is 6.22. The highest BCUT2D eigenvalue weighted by Gasteiger charge is 2.59. The second-order valence-electron chi connectivity index (χ2n) is 5.76. The van der Waals surface area contributed by atoms with Crippen molar-refractivity contribution in [3.05, 3.63) is 29.8 Å². The van der Waals surface area contributed by atoms with Crippen molar-refractivity contribution in [2.24, 2.45) is 0 Å². The maximum atomic E-state index is 12.8. The van der Waals surface area contributed by atoms with Crippen LogP contribution in [0, 0.1) is 0 Å². The van der Waals surface area contributed by atoms with Gasteiger partial charge in [0.25, 0.3) is 5.91 Å². The van der Waals surface area contributed by atoms with E-state index in [1.54, 1.807) is 0 Å². The van der Waals surface area contributed by atoms with Crippen LogP contribution < -0.4 is 10.2 Å². The molecule has 4 rings (SSSR count). The van der Waals surface area contributed by atoms with Crippen LogP contribution in [-0.4, -0.2) is 41.5 Å². The second-order valence-corrected chi connectivity index (χ2v) is 5.76. The van der Waals surface area contributed by atoms with E-state index in [0.717, 1.165) is 23.5 Å². The third-order valence-electron chi connectivity index (χ3n) is 4.53. The maximum absolute atomic E-state index is 12.8. The molecular formula is C14H12F3N3O2. The first-order valence-electron chi connectivity index (χ1n) is 6.95. The number of hydrogen-bond acceptors (Lipinski definition) is 3. The largest absolute Gasteiger partial charge is 0.416 e. The van der Waals surface area contributed by atoms with Crippen LogP contribution in [0.2, 0.25) is 0 Å². The average Bonchev–Trinajstić information content (AvgIpc) is 3.12. The van der Waals surface area contributed by atoms with Crippen molar-refractivity contribution in [3.8, 4) is 0 Å². The van der Waals surface area contributed by atoms with Crippen molar-refractivity contribution in [2.75, 3.05) is 11.4 Å². The van der Waals surface area contributed by atoms with Gasteiger partial charge in [-0.15, -0.1) is 0 Å². The first kappa shape index (κ1) is 13.6. The van der Waals surface area contributed by atoms with Crippen LogP contribution in [0.15, 0.2) is 24.3 Å². The number of amides is 3. The summed E-state index contributed by atoms with van der Waals surface area (Å²) < 4.78 is 38.4. The number of urea groups is 1. The summed E-state index contributed by atoms with van der Waals surface area (Å²) in [5, 5.41) is 3.16. The van der Waals surface area contributed by atoms with Crippen LogP contribution in [-0.2, 0) is 11.0 Å². The topological polar surface area (TPSA) is 52.7 Å². The van der Waals surface area contributed by atoms with Gasteiger partial charge in [0.15, 0.2) is 0 Å². The molecule has 3 saturated heterocycles. The molecule has 0 saturated carbocycles. The summed E-state index contributed by atoms with van der Waals surface area (Å²) in [6, 6.07) is 3.04. The van der Waals surface area contributed by atoms with Crippen molar-refractivity contribution in [1.29, 1.82) is 0 Å². The van der Waals surface area contributed by atoms with Gasteiger partial charge < -0.3 is 10.2 Å². The minimum atomic E-state index is -4.52. The fourth-order valence-corrected chi connectivity index (χ4v) is 3.59. The molecule has 8 heteroatoms. The number of nitrogens with zero attached hydrogens (tertiary/aromatic N) is 2. The maximum Gasteiger partial charge on any atom is 0.416 e. The van der Waals surface area contributed by atoms with Crippen LogP contribution in [0.5, 0.6) is 0 Å². The number of fused-ring (bicyclic) bond motifs is 5. The molecule has 3 aliphatic rings. The van der Waals surface area contributed by atoms with Crippen LogP contribution in [0.3, 0.4) is 0 Å². The van der Waals surface area contributed by atoms with Gasteiger partial charge in [-0.05, 0) is 24.6 Å². The Bertz CT molecular complexity index is 648. The Hall–Kier alpha value is -2.09. The van der Waals surface area contributed by atoms with E-state index in [-0.39, 0.29) is 17.8 Å². The molecule has 116 valence electrons. The number of rotatable bonds is 1. The predicted molar refractivity (Wildman–Crippen MR) is 70.1 cm³/mol. The Morgan fingerprint density at radius 1 is 1.23 bits per heavy atom. The van der Waals surface area contributed by atoms with E-state index in [0.29, 0.717) is 6.54 Å². The molecule has 0 radical (unpaired) electrons. The molecular weight excluding hydrogens is 299 g/mol. The predicted octanol–water partition coefficient (Wildman–Crippen LogP) is 1.59. The summed E-state index contributed by atoms with van der Waals surface area (Å²) in [5.74, 6) is -0.455. The molecule has 2 bridgehead atoms. The Kier molecular flexibility index (Phi) is 2.60. The van der Waals surface area contributed by atoms with Gasteiger partial charge in [-0.3, -0.25) is 4.79 Å². The Labute approximate surface area is 123 Å². The monoisotopic (exact) mass is 311 g/mol. The molecule has 3 aliphatic heterocycles. The third kappa shape index (κ3) is 1.70. The lowest BCUT2D eigenvalue weighted by Crippen LogP contribution is -2.51. The zero-order valence-electron chi connectivity index (χ0n) is 11.3. The summed E-state index contributed by atoms with van der Waals surface area (Å²) in [6.45, 7) is 0.622. The smallest absolute Gasteiger partial charge is 0.309 e. The van der Waals surface area contributed by atoms with E-state index < -0.39 is 29.7 Å². The zero-order chi connectivity index (χ0) is 15.6. The van der Waals surface area contributed by atoms with Crippen LogP contribution in [0.4, 0.5) is 23.7 Å². The van der Waals surface area contributed by atoms with Crippen molar-refractivity contribution in [1.82, 2.24) is 10.2 Å². The molecule has 5 nitrogen and oxygen atoms in total. The minimum Gasteiger partial charge on any atom is -0.309 e. The SMILES string of the molecule is O=C1[C@H]2C3CC(CN3)N2C(=O)N1c1cccc(C(F)(F)F)c1. The van der Waals surface area contributed by atoms with Crippen LogP contribution in [0.1, 0.15) is 12.0 Å². The van der Waals surface area contributed by atoms with Crippen LogP contribution in [0.25, 0.3) is 0 Å². The molecule has 0 aliphatic carbocycles. The summed E-state index contributed by atoms with van der Waals surface area (Å²) in [4.78, 5) is 27.3. The number of carbonyl (C=O) groups is 2. The average molecular weight is 311 g/mol. The van der Waals surface area contributed by atoms with Gasteiger partial charge in [0, 0.05) is 18.6 Å². The minimum absolute atomic E-state index is 0.0291. The number of alkyl halides is 3. The number of imide groups is 1. The van der Waals surface area contributed by atoms with Gasteiger partial charge in [0.05, 0.1) is 11.3 Å². The van der Waals surface area contributed by atoms with Crippen LogP contribution >= 0.6 is 0 Å². The van der Waals surface area contributed by atoms with Crippen molar-refractivity contribution in [3.63, 3.8) is 0 Å². The zero-order valence-corrected chi connectivity index (χ0v) is 11.3. The Morgan fingerprint density at radius 2 is 2.00 bits per heavy atom. The van der Waals surface area contributed by atoms with Gasteiger partial charge in [0.2, 0.25) is 0 Å². The second kappa shape index (κ2) is 4.22. The summed E-state index contributed by atoms with van der Waals surface area (Å²) >= 11 is 0. The number of carbonyl (C=O) groups excluding carboxylic acids is 2. The molecule has 1 aromatic carbocycles. The number of hydrogen-bond donors (Lipinski definition) is 1. The highest BCUT2D eigenvalue weighted by Crippen LogP contribution is 2.39. The normalized spacial score (nSPS) is 30.4. The van der Waals surface area contributed by atoms with E-state index in [2.05, 4.69) is 5.32 Å². The fraction of sp³-hybridized carbons (Fsp3) is 0.429. The first-order valence-corrected chi connectivity index (χ1v) is 6.95. The number of halogens is 3. The van der Waals surface area contributed by atoms with Gasteiger partial charge in [0.1, 0.15) is 6.04 Å². The molecule has 0 spiro atoms.